The van der Waals surface area contributed by atoms with Crippen LogP contribution in [-0.2, 0) is 14.8 Å². The molecule has 2 aliphatic rings. The van der Waals surface area contributed by atoms with Crippen LogP contribution in [-0.4, -0.2) is 68.8 Å². The van der Waals surface area contributed by atoms with E-state index in [4.69, 9.17) is 9.47 Å². The third-order valence-electron chi connectivity index (χ3n) is 5.36. The molecular formula is C21H23N3O6S. The molecular weight excluding hydrogens is 422 g/mol. The molecule has 0 unspecified atom stereocenters. The predicted octanol–water partition coefficient (Wildman–Crippen LogP) is 1.56. The fraction of sp³-hybridized carbons (Fsp3) is 0.333. The monoisotopic (exact) mass is 445 g/mol. The predicted molar refractivity (Wildman–Crippen MR) is 113 cm³/mol. The Bertz CT molecular complexity index is 1130. The van der Waals surface area contributed by atoms with E-state index >= 15 is 0 Å². The molecule has 4 rings (SSSR count). The summed E-state index contributed by atoms with van der Waals surface area (Å²) in [6.07, 6.45) is -0.634. The van der Waals surface area contributed by atoms with E-state index < -0.39 is 16.1 Å². The second-order valence-corrected chi connectivity index (χ2v) is 9.27. The van der Waals surface area contributed by atoms with E-state index in [0.29, 0.717) is 22.7 Å². The van der Waals surface area contributed by atoms with Gasteiger partial charge in [-0.25, -0.2) is 8.42 Å². The molecule has 1 fully saturated rings. The lowest BCUT2D eigenvalue weighted by Gasteiger charge is -2.34. The van der Waals surface area contributed by atoms with E-state index in [0.717, 1.165) is 0 Å². The maximum atomic E-state index is 13.1. The van der Waals surface area contributed by atoms with Gasteiger partial charge < -0.3 is 19.7 Å². The van der Waals surface area contributed by atoms with Gasteiger partial charge in [0.25, 0.3) is 11.8 Å². The molecule has 0 spiro atoms. The largest absolute Gasteiger partial charge is 0.497 e. The summed E-state index contributed by atoms with van der Waals surface area (Å²) in [5.74, 6) is 0.523. The van der Waals surface area contributed by atoms with E-state index in [1.807, 2.05) is 0 Å². The molecule has 1 N–H and O–H groups in total. The van der Waals surface area contributed by atoms with Crippen molar-refractivity contribution in [2.45, 2.75) is 17.9 Å². The molecule has 9 nitrogen and oxygen atoms in total. The highest BCUT2D eigenvalue weighted by Gasteiger charge is 2.32. The van der Waals surface area contributed by atoms with Crippen LogP contribution in [0.4, 0.5) is 5.69 Å². The Kier molecular flexibility index (Phi) is 5.59. The number of piperazine rings is 1. The van der Waals surface area contributed by atoms with Crippen molar-refractivity contribution in [3.63, 3.8) is 0 Å². The van der Waals surface area contributed by atoms with Crippen molar-refractivity contribution < 1.29 is 27.5 Å². The molecule has 0 radical (unpaired) electrons. The van der Waals surface area contributed by atoms with Gasteiger partial charge in [-0.05, 0) is 43.3 Å². The van der Waals surface area contributed by atoms with Crippen LogP contribution in [0.25, 0.3) is 0 Å². The van der Waals surface area contributed by atoms with Gasteiger partial charge in [0.1, 0.15) is 11.5 Å². The maximum absolute atomic E-state index is 13.1. The Morgan fingerprint density at radius 1 is 1.13 bits per heavy atom. The summed E-state index contributed by atoms with van der Waals surface area (Å²) in [6.45, 7) is 2.52. The molecule has 1 atom stereocenters. The standard InChI is InChI=1S/C21H23N3O6S/c1-14-20(25)22-18-13-17(6-7-19(18)30-14)31(27,28)24-10-8-23(9-11-24)21(26)15-4-3-5-16(12-15)29-2/h3-7,12-14H,8-11H2,1-2H3,(H,22,25)/t14-/m1/s1. The van der Waals surface area contributed by atoms with E-state index in [9.17, 15) is 18.0 Å². The highest BCUT2D eigenvalue weighted by atomic mass is 32.2. The summed E-state index contributed by atoms with van der Waals surface area (Å²) in [6, 6.07) is 11.3. The Hall–Kier alpha value is -3.11. The number of hydrogen-bond donors (Lipinski definition) is 1. The topological polar surface area (TPSA) is 105 Å². The van der Waals surface area contributed by atoms with Crippen molar-refractivity contribution >= 4 is 27.5 Å². The van der Waals surface area contributed by atoms with Crippen LogP contribution in [0.1, 0.15) is 17.3 Å². The number of methoxy groups -OCH3 is 1. The summed E-state index contributed by atoms with van der Waals surface area (Å²) in [5, 5.41) is 2.66. The minimum atomic E-state index is -3.78. The zero-order valence-electron chi connectivity index (χ0n) is 17.2. The molecule has 0 saturated carbocycles. The van der Waals surface area contributed by atoms with Gasteiger partial charge in [-0.2, -0.15) is 4.31 Å². The van der Waals surface area contributed by atoms with Gasteiger partial charge in [-0.15, -0.1) is 0 Å². The number of anilines is 1. The molecule has 164 valence electrons. The Morgan fingerprint density at radius 3 is 2.58 bits per heavy atom. The van der Waals surface area contributed by atoms with Crippen LogP contribution in [0, 0.1) is 0 Å². The number of carbonyl (C=O) groups excluding carboxylic acids is 2. The molecule has 2 amide bonds. The fourth-order valence-electron chi connectivity index (χ4n) is 3.57. The van der Waals surface area contributed by atoms with E-state index in [2.05, 4.69) is 5.32 Å². The zero-order chi connectivity index (χ0) is 22.2. The number of amides is 2. The molecule has 0 aromatic heterocycles. The Balaban J connectivity index is 1.46. The van der Waals surface area contributed by atoms with Gasteiger partial charge in [-0.3, -0.25) is 9.59 Å². The van der Waals surface area contributed by atoms with Crippen LogP contribution in [0.3, 0.4) is 0 Å². The molecule has 2 aliphatic heterocycles. The number of hydrogen-bond acceptors (Lipinski definition) is 6. The lowest BCUT2D eigenvalue weighted by Crippen LogP contribution is -2.50. The van der Waals surface area contributed by atoms with Crippen molar-refractivity contribution in [1.82, 2.24) is 9.21 Å². The smallest absolute Gasteiger partial charge is 0.265 e. The number of nitrogens with one attached hydrogen (secondary N) is 1. The first-order chi connectivity index (χ1) is 14.8. The van der Waals surface area contributed by atoms with E-state index in [1.54, 1.807) is 42.2 Å². The van der Waals surface area contributed by atoms with Gasteiger partial charge in [-0.1, -0.05) is 6.07 Å². The second-order valence-electron chi connectivity index (χ2n) is 7.34. The number of sulfonamides is 1. The molecule has 31 heavy (non-hydrogen) atoms. The summed E-state index contributed by atoms with van der Waals surface area (Å²) in [4.78, 5) is 26.3. The lowest BCUT2D eigenvalue weighted by molar-refractivity contribution is -0.122. The first-order valence-corrected chi connectivity index (χ1v) is 11.3. The van der Waals surface area contributed by atoms with Crippen molar-refractivity contribution in [3.05, 3.63) is 48.0 Å². The SMILES string of the molecule is COc1cccc(C(=O)N2CCN(S(=O)(=O)c3ccc4c(c3)NC(=O)[C@@H](C)O4)CC2)c1. The first kappa shape index (κ1) is 21.1. The Labute approximate surface area is 180 Å². The summed E-state index contributed by atoms with van der Waals surface area (Å²) >= 11 is 0. The normalized spacial score (nSPS) is 19.2. The summed E-state index contributed by atoms with van der Waals surface area (Å²) in [5.41, 5.74) is 0.825. The third-order valence-corrected chi connectivity index (χ3v) is 7.26. The third kappa shape index (κ3) is 4.08. The number of nitrogens with zero attached hydrogens (tertiary/aromatic N) is 2. The summed E-state index contributed by atoms with van der Waals surface area (Å²) < 4.78 is 38.2. The van der Waals surface area contributed by atoms with E-state index in [1.165, 1.54) is 23.5 Å². The molecule has 0 aliphatic carbocycles. The second kappa shape index (κ2) is 8.20. The van der Waals surface area contributed by atoms with Crippen LogP contribution >= 0.6 is 0 Å². The quantitative estimate of drug-likeness (QED) is 0.766. The highest BCUT2D eigenvalue weighted by Crippen LogP contribution is 2.33. The number of rotatable bonds is 4. The van der Waals surface area contributed by atoms with Gasteiger partial charge >= 0.3 is 0 Å². The van der Waals surface area contributed by atoms with Crippen LogP contribution in [0.2, 0.25) is 0 Å². The van der Waals surface area contributed by atoms with Crippen LogP contribution in [0.15, 0.2) is 47.4 Å². The average molecular weight is 445 g/mol. The van der Waals surface area contributed by atoms with Crippen molar-refractivity contribution in [3.8, 4) is 11.5 Å². The van der Waals surface area contributed by atoms with Crippen molar-refractivity contribution in [1.29, 1.82) is 0 Å². The number of carbonyl (C=O) groups is 2. The van der Waals surface area contributed by atoms with Gasteiger partial charge in [0.2, 0.25) is 10.0 Å². The average Bonchev–Trinajstić information content (AvgIpc) is 2.79. The molecule has 10 heteroatoms. The molecule has 1 saturated heterocycles. The van der Waals surface area contributed by atoms with Crippen molar-refractivity contribution in [2.24, 2.45) is 0 Å². The van der Waals surface area contributed by atoms with Gasteiger partial charge in [0.15, 0.2) is 6.10 Å². The van der Waals surface area contributed by atoms with Gasteiger partial charge in [0.05, 0.1) is 17.7 Å². The molecule has 0 bridgehead atoms. The number of benzene rings is 2. The number of ether oxygens (including phenoxy) is 2. The van der Waals surface area contributed by atoms with Crippen LogP contribution < -0.4 is 14.8 Å². The summed E-state index contributed by atoms with van der Waals surface area (Å²) in [7, 11) is -2.25. The lowest BCUT2D eigenvalue weighted by atomic mass is 10.1. The van der Waals surface area contributed by atoms with E-state index in [-0.39, 0.29) is 42.9 Å². The fourth-order valence-corrected chi connectivity index (χ4v) is 5.02. The zero-order valence-corrected chi connectivity index (χ0v) is 18.0. The molecule has 2 aromatic rings. The minimum absolute atomic E-state index is 0.0669. The number of fused-ring (bicyclic) bond motifs is 1. The van der Waals surface area contributed by atoms with Crippen LogP contribution in [0.5, 0.6) is 11.5 Å². The van der Waals surface area contributed by atoms with Gasteiger partial charge in [0, 0.05) is 31.7 Å². The maximum Gasteiger partial charge on any atom is 0.265 e. The highest BCUT2D eigenvalue weighted by molar-refractivity contribution is 7.89. The molecule has 2 heterocycles. The minimum Gasteiger partial charge on any atom is -0.497 e. The first-order valence-electron chi connectivity index (χ1n) is 9.84. The Morgan fingerprint density at radius 2 is 1.87 bits per heavy atom. The molecule has 2 aromatic carbocycles. The van der Waals surface area contributed by atoms with Crippen molar-refractivity contribution in [2.75, 3.05) is 38.6 Å².